The fraction of sp³-hybridized carbons (Fsp3) is 0.462. The maximum Gasteiger partial charge on any atom is 0.164 e. The maximum atomic E-state index is 11.6. The zero-order valence-corrected chi connectivity index (χ0v) is 9.48. The molecule has 0 radical (unpaired) electrons. The summed E-state index contributed by atoms with van der Waals surface area (Å²) in [6, 6.07) is 9.63. The molecule has 1 aromatic rings. The van der Waals surface area contributed by atoms with Crippen molar-refractivity contribution in [2.75, 3.05) is 5.48 Å². The quantitative estimate of drug-likeness (QED) is 0.794. The molecule has 3 nitrogen and oxygen atoms in total. The fourth-order valence-corrected chi connectivity index (χ4v) is 1.92. The van der Waals surface area contributed by atoms with Gasteiger partial charge in [0, 0.05) is 6.42 Å². The van der Waals surface area contributed by atoms with Crippen molar-refractivity contribution in [3.8, 4) is 0 Å². The molecule has 0 amide bonds. The Balaban J connectivity index is 1.87. The van der Waals surface area contributed by atoms with E-state index in [9.17, 15) is 4.79 Å². The molecular formula is C13H17NO2. The smallest absolute Gasteiger partial charge is 0.164 e. The molecule has 0 heterocycles. The summed E-state index contributed by atoms with van der Waals surface area (Å²) in [6.45, 7) is 2.16. The van der Waals surface area contributed by atoms with Crippen LogP contribution in [0, 0.1) is 5.92 Å². The Morgan fingerprint density at radius 2 is 2.06 bits per heavy atom. The minimum Gasteiger partial charge on any atom is -0.297 e. The topological polar surface area (TPSA) is 38.3 Å². The summed E-state index contributed by atoms with van der Waals surface area (Å²) in [5.74, 6) is 0.779. The molecule has 86 valence electrons. The SMILES string of the molecule is CC1CCC(=O)[C@H](ONc2ccccc2)C1. The number of nitrogens with one attached hydrogen (secondary N) is 1. The molecule has 1 aromatic carbocycles. The van der Waals surface area contributed by atoms with Crippen LogP contribution < -0.4 is 5.48 Å². The van der Waals surface area contributed by atoms with Crippen molar-refractivity contribution >= 4 is 11.5 Å². The van der Waals surface area contributed by atoms with E-state index in [1.165, 1.54) is 0 Å². The van der Waals surface area contributed by atoms with Gasteiger partial charge >= 0.3 is 0 Å². The Bertz CT molecular complexity index is 350. The summed E-state index contributed by atoms with van der Waals surface area (Å²) >= 11 is 0. The summed E-state index contributed by atoms with van der Waals surface area (Å²) in [4.78, 5) is 17.0. The van der Waals surface area contributed by atoms with Gasteiger partial charge in [0.25, 0.3) is 0 Å². The van der Waals surface area contributed by atoms with Gasteiger partial charge in [-0.3, -0.25) is 15.1 Å². The lowest BCUT2D eigenvalue weighted by Gasteiger charge is -2.25. The highest BCUT2D eigenvalue weighted by Crippen LogP contribution is 2.23. The Morgan fingerprint density at radius 3 is 2.81 bits per heavy atom. The standard InChI is InChI=1S/C13H17NO2/c1-10-7-8-12(15)13(9-10)16-14-11-5-3-2-4-6-11/h2-6,10,13-14H,7-9H2,1H3/t10?,13-/m1/s1. The lowest BCUT2D eigenvalue weighted by molar-refractivity contribution is -0.132. The van der Waals surface area contributed by atoms with E-state index in [4.69, 9.17) is 4.84 Å². The number of rotatable bonds is 3. The molecule has 0 aliphatic heterocycles. The molecule has 1 aliphatic carbocycles. The van der Waals surface area contributed by atoms with Crippen molar-refractivity contribution < 1.29 is 9.63 Å². The van der Waals surface area contributed by atoms with Crippen LogP contribution in [-0.4, -0.2) is 11.9 Å². The molecule has 3 heteroatoms. The molecule has 0 spiro atoms. The van der Waals surface area contributed by atoms with Crippen LogP contribution in [0.2, 0.25) is 0 Å². The summed E-state index contributed by atoms with van der Waals surface area (Å²) in [6.07, 6.45) is 2.16. The first-order chi connectivity index (χ1) is 7.75. The Labute approximate surface area is 95.8 Å². The van der Waals surface area contributed by atoms with Gasteiger partial charge < -0.3 is 0 Å². The molecule has 16 heavy (non-hydrogen) atoms. The van der Waals surface area contributed by atoms with Gasteiger partial charge in [0.15, 0.2) is 5.78 Å². The summed E-state index contributed by atoms with van der Waals surface area (Å²) < 4.78 is 0. The van der Waals surface area contributed by atoms with Gasteiger partial charge in [0.1, 0.15) is 6.10 Å². The minimum absolute atomic E-state index is 0.210. The highest BCUT2D eigenvalue weighted by atomic mass is 16.7. The fourth-order valence-electron chi connectivity index (χ4n) is 1.92. The number of ketones is 1. The Morgan fingerprint density at radius 1 is 1.31 bits per heavy atom. The van der Waals surface area contributed by atoms with Crippen molar-refractivity contribution in [3.63, 3.8) is 0 Å². The van der Waals surface area contributed by atoms with Crippen LogP contribution in [0.4, 0.5) is 5.69 Å². The molecule has 0 saturated heterocycles. The normalized spacial score (nSPS) is 25.4. The van der Waals surface area contributed by atoms with Crippen molar-refractivity contribution in [1.29, 1.82) is 0 Å². The van der Waals surface area contributed by atoms with Crippen molar-refractivity contribution in [3.05, 3.63) is 30.3 Å². The number of hydrogen-bond donors (Lipinski definition) is 1. The van der Waals surface area contributed by atoms with Gasteiger partial charge in [-0.2, -0.15) is 0 Å². The van der Waals surface area contributed by atoms with Gasteiger partial charge in [0.2, 0.25) is 0 Å². The lowest BCUT2D eigenvalue weighted by atomic mass is 9.88. The number of benzene rings is 1. The van der Waals surface area contributed by atoms with E-state index < -0.39 is 0 Å². The average molecular weight is 219 g/mol. The van der Waals surface area contributed by atoms with Crippen LogP contribution in [-0.2, 0) is 9.63 Å². The van der Waals surface area contributed by atoms with E-state index in [-0.39, 0.29) is 11.9 Å². The van der Waals surface area contributed by atoms with Gasteiger partial charge in [0.05, 0.1) is 5.69 Å². The van der Waals surface area contributed by atoms with Gasteiger partial charge in [-0.15, -0.1) is 0 Å². The number of Topliss-reactive ketones (excluding diaryl/α,β-unsaturated/α-hetero) is 1. The Hall–Kier alpha value is -1.35. The number of anilines is 1. The zero-order valence-electron chi connectivity index (χ0n) is 9.48. The molecule has 1 saturated carbocycles. The summed E-state index contributed by atoms with van der Waals surface area (Å²) in [5.41, 5.74) is 3.73. The predicted octanol–water partition coefficient (Wildman–Crippen LogP) is 2.79. The molecule has 0 aromatic heterocycles. The van der Waals surface area contributed by atoms with E-state index in [1.807, 2.05) is 30.3 Å². The monoisotopic (exact) mass is 219 g/mol. The predicted molar refractivity (Wildman–Crippen MR) is 63.0 cm³/mol. The third-order valence-corrected chi connectivity index (χ3v) is 2.95. The van der Waals surface area contributed by atoms with Gasteiger partial charge in [-0.25, -0.2) is 0 Å². The first-order valence-corrected chi connectivity index (χ1v) is 5.75. The van der Waals surface area contributed by atoms with Crippen LogP contribution in [0.25, 0.3) is 0 Å². The van der Waals surface area contributed by atoms with Gasteiger partial charge in [-0.1, -0.05) is 25.1 Å². The number of carbonyl (C=O) groups excluding carboxylic acids is 1. The van der Waals surface area contributed by atoms with E-state index in [0.717, 1.165) is 18.5 Å². The first-order valence-electron chi connectivity index (χ1n) is 5.75. The second kappa shape index (κ2) is 5.12. The van der Waals surface area contributed by atoms with Crippen LogP contribution in [0.1, 0.15) is 26.2 Å². The highest BCUT2D eigenvalue weighted by Gasteiger charge is 2.27. The van der Waals surface area contributed by atoms with E-state index in [1.54, 1.807) is 0 Å². The van der Waals surface area contributed by atoms with E-state index >= 15 is 0 Å². The lowest BCUT2D eigenvalue weighted by Crippen LogP contribution is -2.32. The van der Waals surface area contributed by atoms with Crippen molar-refractivity contribution in [1.82, 2.24) is 0 Å². The number of hydrogen-bond acceptors (Lipinski definition) is 3. The minimum atomic E-state index is -0.288. The number of para-hydroxylation sites is 1. The first kappa shape index (κ1) is 11.1. The molecule has 0 bridgehead atoms. The molecule has 1 aliphatic rings. The largest absolute Gasteiger partial charge is 0.297 e. The molecule has 2 atom stereocenters. The van der Waals surface area contributed by atoms with E-state index in [0.29, 0.717) is 12.3 Å². The van der Waals surface area contributed by atoms with Crippen LogP contribution in [0.15, 0.2) is 30.3 Å². The van der Waals surface area contributed by atoms with Crippen LogP contribution in [0.3, 0.4) is 0 Å². The molecule has 1 N–H and O–H groups in total. The number of carbonyl (C=O) groups is 1. The van der Waals surface area contributed by atoms with Crippen molar-refractivity contribution in [2.45, 2.75) is 32.3 Å². The summed E-state index contributed by atoms with van der Waals surface area (Å²) in [5, 5.41) is 0. The highest BCUT2D eigenvalue weighted by molar-refractivity contribution is 5.83. The van der Waals surface area contributed by atoms with Crippen molar-refractivity contribution in [2.24, 2.45) is 5.92 Å². The van der Waals surface area contributed by atoms with Crippen LogP contribution >= 0.6 is 0 Å². The van der Waals surface area contributed by atoms with E-state index in [2.05, 4.69) is 12.4 Å². The average Bonchev–Trinajstić information content (AvgIpc) is 2.32. The molecule has 1 fully saturated rings. The van der Waals surface area contributed by atoms with Gasteiger partial charge in [-0.05, 0) is 30.9 Å². The zero-order chi connectivity index (χ0) is 11.4. The second-order valence-corrected chi connectivity index (χ2v) is 4.42. The molecular weight excluding hydrogens is 202 g/mol. The summed E-state index contributed by atoms with van der Waals surface area (Å²) in [7, 11) is 0. The van der Waals surface area contributed by atoms with Crippen LogP contribution in [0.5, 0.6) is 0 Å². The second-order valence-electron chi connectivity index (χ2n) is 4.42. The third-order valence-electron chi connectivity index (χ3n) is 2.95. The third kappa shape index (κ3) is 2.83. The Kier molecular flexibility index (Phi) is 3.57. The molecule has 1 unspecified atom stereocenters. The molecule has 2 rings (SSSR count). The maximum absolute atomic E-state index is 11.6.